The maximum atomic E-state index is 3.43. The van der Waals surface area contributed by atoms with Gasteiger partial charge in [-0.15, -0.1) is 21.5 Å². The normalized spacial score (nSPS) is 8.50. The van der Waals surface area contributed by atoms with E-state index in [0.717, 1.165) is 0 Å². The van der Waals surface area contributed by atoms with Crippen molar-refractivity contribution in [1.29, 1.82) is 0 Å². The highest BCUT2D eigenvalue weighted by molar-refractivity contribution is 9.10. The summed E-state index contributed by atoms with van der Waals surface area (Å²) in [6, 6.07) is 8.76. The Kier molecular flexibility index (Phi) is 7.94. The van der Waals surface area contributed by atoms with Gasteiger partial charge in [0.25, 0.3) is 0 Å². The van der Waals surface area contributed by atoms with Crippen LogP contribution in [0.25, 0.3) is 0 Å². The maximum absolute atomic E-state index is 3.43. The van der Waals surface area contributed by atoms with Crippen LogP contribution in [0.1, 0.15) is 13.3 Å². The molecule has 0 bridgehead atoms. The molecule has 0 aliphatic heterocycles. The van der Waals surface area contributed by atoms with Gasteiger partial charge < -0.3 is 0 Å². The quantitative estimate of drug-likeness (QED) is 0.752. The van der Waals surface area contributed by atoms with Gasteiger partial charge in [-0.3, -0.25) is 0 Å². The molecule has 0 heterocycles. The van der Waals surface area contributed by atoms with E-state index in [1.807, 2.05) is 0 Å². The second kappa shape index (κ2) is 7.36. The van der Waals surface area contributed by atoms with E-state index in [-0.39, 0.29) is 37.3 Å². The first-order valence-electron chi connectivity index (χ1n) is 4.07. The van der Waals surface area contributed by atoms with Gasteiger partial charge in [0.05, 0.1) is 0 Å². The van der Waals surface area contributed by atoms with Gasteiger partial charge >= 0.3 is 20.4 Å². The third-order valence-corrected chi connectivity index (χ3v) is 4.37. The van der Waals surface area contributed by atoms with E-state index in [1.165, 1.54) is 15.4 Å². The Balaban J connectivity index is 0.00000121. The molecule has 0 aromatic heterocycles. The summed E-state index contributed by atoms with van der Waals surface area (Å²) in [5, 5.41) is 0. The molecule has 0 radical (unpaired) electrons. The molecule has 1 rings (SSSR count). The second-order valence-electron chi connectivity index (χ2n) is 2.73. The van der Waals surface area contributed by atoms with Crippen LogP contribution in [0.3, 0.4) is 0 Å². The van der Waals surface area contributed by atoms with Gasteiger partial charge in [0.1, 0.15) is 0 Å². The van der Waals surface area contributed by atoms with E-state index in [1.54, 1.807) is 3.69 Å². The summed E-state index contributed by atoms with van der Waals surface area (Å²) in [6.07, 6.45) is 1.34. The molecule has 12 heavy (non-hydrogen) atoms. The van der Waals surface area contributed by atoms with Crippen LogP contribution < -0.4 is 3.69 Å². The largest absolute Gasteiger partial charge is 0.408 e. The fourth-order valence-electron chi connectivity index (χ4n) is 1.03. The summed E-state index contributed by atoms with van der Waals surface area (Å²) in [5.74, 6) is 0. The third-order valence-electron chi connectivity index (χ3n) is 1.73. The summed E-state index contributed by atoms with van der Waals surface area (Å²) in [7, 11) is 0. The van der Waals surface area contributed by atoms with E-state index in [2.05, 4.69) is 47.1 Å². The van der Waals surface area contributed by atoms with Gasteiger partial charge in [0, 0.05) is 4.47 Å². The maximum Gasteiger partial charge on any atom is 0.408 e. The Morgan fingerprint density at radius 1 is 1.25 bits per heavy atom. The standard InChI is InChI=1S/C6H4Br.C3H7.BrH.Mg/c7-6-4-2-1-3-5-6;1-3-2;;/h2-5H;1,3H2,2H3;1H;. The second-order valence-corrected chi connectivity index (χ2v) is 5.67. The minimum Gasteiger partial charge on any atom is -0.174 e. The highest BCUT2D eigenvalue weighted by Crippen LogP contribution is 2.05. The molecule has 1 aromatic rings. The average Bonchev–Trinajstić information content (AvgIpc) is 2.04. The lowest BCUT2D eigenvalue weighted by Crippen LogP contribution is -2.11. The fourth-order valence-corrected chi connectivity index (χ4v) is 2.63. The van der Waals surface area contributed by atoms with E-state index in [9.17, 15) is 0 Å². The predicted octanol–water partition coefficient (Wildman–Crippen LogP) is 3.18. The molecule has 0 amide bonds. The number of halogens is 2. The minimum absolute atomic E-state index is 0. The zero-order valence-electron chi connectivity index (χ0n) is 7.22. The van der Waals surface area contributed by atoms with Crippen LogP contribution in [0.4, 0.5) is 0 Å². The Hall–Kier alpha value is 0.946. The smallest absolute Gasteiger partial charge is 0.174 e. The molecule has 1 aromatic carbocycles. The van der Waals surface area contributed by atoms with Crippen molar-refractivity contribution in [2.45, 2.75) is 17.9 Å². The summed E-state index contributed by atoms with van der Waals surface area (Å²) in [6.45, 7) is 2.26. The van der Waals surface area contributed by atoms with E-state index < -0.39 is 0 Å². The van der Waals surface area contributed by atoms with Gasteiger partial charge in [-0.25, -0.2) is 0 Å². The van der Waals surface area contributed by atoms with Crippen molar-refractivity contribution in [2.75, 3.05) is 0 Å². The van der Waals surface area contributed by atoms with Crippen LogP contribution in [0.5, 0.6) is 0 Å². The third kappa shape index (κ3) is 4.85. The van der Waals surface area contributed by atoms with Crippen molar-refractivity contribution in [2.24, 2.45) is 0 Å². The molecule has 0 saturated carbocycles. The Morgan fingerprint density at radius 2 is 1.83 bits per heavy atom. The Bertz CT molecular complexity index is 208. The number of hydrogen-bond acceptors (Lipinski definition) is 0. The van der Waals surface area contributed by atoms with Crippen LogP contribution >= 0.6 is 32.9 Å². The van der Waals surface area contributed by atoms with Crippen LogP contribution in [0.2, 0.25) is 4.55 Å². The van der Waals surface area contributed by atoms with Crippen molar-refractivity contribution in [3.63, 3.8) is 0 Å². The molecule has 0 spiro atoms. The van der Waals surface area contributed by atoms with Crippen molar-refractivity contribution in [3.8, 4) is 0 Å². The molecule has 0 saturated heterocycles. The van der Waals surface area contributed by atoms with Gasteiger partial charge in [0.15, 0.2) is 0 Å². The SMILES string of the molecule is Br.CC[CH2][Mg][c]1ccc(Br)cc1. The van der Waals surface area contributed by atoms with Gasteiger partial charge in [-0.05, 0) is 0 Å². The summed E-state index contributed by atoms with van der Waals surface area (Å²) in [4.78, 5) is 0. The van der Waals surface area contributed by atoms with E-state index >= 15 is 0 Å². The van der Waals surface area contributed by atoms with Crippen molar-refractivity contribution >= 4 is 57.0 Å². The molecule has 0 atom stereocenters. The van der Waals surface area contributed by atoms with Gasteiger partial charge in [0.2, 0.25) is 0 Å². The highest BCUT2D eigenvalue weighted by atomic mass is 79.9. The lowest BCUT2D eigenvalue weighted by molar-refractivity contribution is 1.08. The predicted molar refractivity (Wildman–Crippen MR) is 65.0 cm³/mol. The highest BCUT2D eigenvalue weighted by Gasteiger charge is 1.96. The molecular weight excluding hydrogens is 292 g/mol. The van der Waals surface area contributed by atoms with Crippen LogP contribution in [0, 0.1) is 0 Å². The molecule has 0 nitrogen and oxygen atoms in total. The first kappa shape index (κ1) is 12.9. The molecule has 3 heteroatoms. The van der Waals surface area contributed by atoms with Crippen LogP contribution in [0.15, 0.2) is 28.7 Å². The summed E-state index contributed by atoms with van der Waals surface area (Å²) >= 11 is 3.48. The van der Waals surface area contributed by atoms with Crippen molar-refractivity contribution in [3.05, 3.63) is 28.7 Å². The topological polar surface area (TPSA) is 0 Å². The lowest BCUT2D eigenvalue weighted by atomic mass is 10.4. The zero-order valence-corrected chi connectivity index (χ0v) is 11.9. The Labute approximate surface area is 103 Å². The van der Waals surface area contributed by atoms with Crippen molar-refractivity contribution in [1.82, 2.24) is 0 Å². The average molecular weight is 304 g/mol. The summed E-state index contributed by atoms with van der Waals surface area (Å²) < 4.78 is 4.20. The number of rotatable bonds is 3. The van der Waals surface area contributed by atoms with Crippen LogP contribution in [-0.2, 0) is 0 Å². The Morgan fingerprint density at radius 3 is 2.33 bits per heavy atom. The number of benzene rings is 1. The summed E-state index contributed by atoms with van der Waals surface area (Å²) in [5.41, 5.74) is 0. The van der Waals surface area contributed by atoms with Crippen molar-refractivity contribution < 1.29 is 0 Å². The monoisotopic (exact) mass is 302 g/mol. The zero-order chi connectivity index (χ0) is 8.10. The molecule has 0 aliphatic carbocycles. The fraction of sp³-hybridized carbons (Fsp3) is 0.333. The molecular formula is C9H12Br2Mg. The number of hydrogen-bond donors (Lipinski definition) is 0. The first-order valence-corrected chi connectivity index (χ1v) is 6.57. The minimum atomic E-state index is 0. The van der Waals surface area contributed by atoms with Gasteiger partial charge in [-0.1, -0.05) is 53.5 Å². The van der Waals surface area contributed by atoms with E-state index in [0.29, 0.717) is 0 Å². The lowest BCUT2D eigenvalue weighted by Gasteiger charge is -1.96. The van der Waals surface area contributed by atoms with Crippen LogP contribution in [-0.4, -0.2) is 20.4 Å². The van der Waals surface area contributed by atoms with Gasteiger partial charge in [-0.2, -0.15) is 3.69 Å². The molecule has 0 unspecified atom stereocenters. The molecule has 0 fully saturated rings. The first-order chi connectivity index (χ1) is 5.33. The van der Waals surface area contributed by atoms with E-state index in [4.69, 9.17) is 0 Å². The molecule has 0 N–H and O–H groups in total. The molecule has 0 aliphatic rings. The molecule has 64 valence electrons.